The molecule has 0 atom stereocenters. The minimum Gasteiger partial charge on any atom is -0.377 e. The molecule has 0 saturated carbocycles. The molecule has 1 aromatic heterocycles. The first-order valence-electron chi connectivity index (χ1n) is 9.60. The van der Waals surface area contributed by atoms with E-state index < -0.39 is 11.9 Å². The van der Waals surface area contributed by atoms with Crippen molar-refractivity contribution in [1.29, 1.82) is 0 Å². The van der Waals surface area contributed by atoms with Gasteiger partial charge >= 0.3 is 6.18 Å². The number of anilines is 2. The highest BCUT2D eigenvalue weighted by Crippen LogP contribution is 2.32. The quantitative estimate of drug-likeness (QED) is 0.563. The molecule has 0 aliphatic carbocycles. The van der Waals surface area contributed by atoms with Crippen LogP contribution >= 0.6 is 22.6 Å². The number of alkyl halides is 3. The van der Waals surface area contributed by atoms with Gasteiger partial charge in [0.1, 0.15) is 6.54 Å². The Morgan fingerprint density at radius 3 is 2.33 bits per heavy atom. The fourth-order valence-electron chi connectivity index (χ4n) is 3.54. The molecule has 1 aliphatic rings. The van der Waals surface area contributed by atoms with E-state index in [0.717, 1.165) is 16.1 Å². The molecule has 0 radical (unpaired) electrons. The van der Waals surface area contributed by atoms with Gasteiger partial charge in [-0.2, -0.15) is 18.3 Å². The number of nitrogens with zero attached hydrogens (tertiary/aromatic N) is 5. The number of aromatic nitrogens is 2. The van der Waals surface area contributed by atoms with Gasteiger partial charge in [0, 0.05) is 60.8 Å². The van der Waals surface area contributed by atoms with Crippen molar-refractivity contribution in [3.63, 3.8) is 0 Å². The number of carbonyl (C=O) groups excluding carboxylic acids is 1. The van der Waals surface area contributed by atoms with Gasteiger partial charge in [0.05, 0.1) is 5.69 Å². The third kappa shape index (κ3) is 4.68. The van der Waals surface area contributed by atoms with Crippen LogP contribution in [0.25, 0.3) is 0 Å². The molecule has 3 rings (SSSR count). The van der Waals surface area contributed by atoms with Gasteiger partial charge in [0.25, 0.3) is 0 Å². The minimum atomic E-state index is -4.52. The van der Waals surface area contributed by atoms with E-state index in [1.54, 1.807) is 11.8 Å². The van der Waals surface area contributed by atoms with Crippen LogP contribution in [0.2, 0.25) is 0 Å². The van der Waals surface area contributed by atoms with Crippen molar-refractivity contribution in [1.82, 2.24) is 14.7 Å². The SMILES string of the molecule is Cc1c(C(F)(F)F)nn(CC(=O)N2CCN(c3ccc(I)c(N(C)C)c3)CC2)c1C. The summed E-state index contributed by atoms with van der Waals surface area (Å²) in [6.07, 6.45) is -4.52. The molecule has 30 heavy (non-hydrogen) atoms. The molecule has 0 unspecified atom stereocenters. The molecule has 1 saturated heterocycles. The first-order chi connectivity index (χ1) is 14.0. The van der Waals surface area contributed by atoms with Crippen LogP contribution < -0.4 is 9.80 Å². The lowest BCUT2D eigenvalue weighted by atomic mass is 10.2. The molecular formula is C20H25F3IN5O. The van der Waals surface area contributed by atoms with Gasteiger partial charge in [-0.05, 0) is 54.6 Å². The Labute approximate surface area is 187 Å². The van der Waals surface area contributed by atoms with E-state index in [-0.39, 0.29) is 18.0 Å². The van der Waals surface area contributed by atoms with E-state index in [0.29, 0.717) is 31.9 Å². The fraction of sp³-hybridized carbons (Fsp3) is 0.500. The second-order valence-electron chi connectivity index (χ2n) is 7.61. The Bertz CT molecular complexity index is 933. The molecule has 1 aliphatic heterocycles. The summed E-state index contributed by atoms with van der Waals surface area (Å²) in [5.74, 6) is -0.217. The van der Waals surface area contributed by atoms with Gasteiger partial charge in [-0.25, -0.2) is 0 Å². The van der Waals surface area contributed by atoms with Crippen LogP contribution in [0.5, 0.6) is 0 Å². The Kier molecular flexibility index (Phi) is 6.54. The van der Waals surface area contributed by atoms with Crippen LogP contribution in [-0.2, 0) is 17.5 Å². The van der Waals surface area contributed by atoms with Gasteiger partial charge in [-0.15, -0.1) is 0 Å². The molecule has 0 N–H and O–H groups in total. The van der Waals surface area contributed by atoms with Crippen molar-refractivity contribution in [2.45, 2.75) is 26.6 Å². The second-order valence-corrected chi connectivity index (χ2v) is 8.77. The Morgan fingerprint density at radius 1 is 1.17 bits per heavy atom. The molecule has 1 aromatic carbocycles. The van der Waals surface area contributed by atoms with Gasteiger partial charge < -0.3 is 14.7 Å². The summed E-state index contributed by atoms with van der Waals surface area (Å²) in [5, 5.41) is 3.64. The lowest BCUT2D eigenvalue weighted by Crippen LogP contribution is -2.49. The largest absolute Gasteiger partial charge is 0.435 e. The summed E-state index contributed by atoms with van der Waals surface area (Å²) in [6.45, 7) is 5.14. The van der Waals surface area contributed by atoms with Crippen molar-refractivity contribution in [3.05, 3.63) is 38.7 Å². The van der Waals surface area contributed by atoms with E-state index in [4.69, 9.17) is 0 Å². The van der Waals surface area contributed by atoms with Crippen molar-refractivity contribution in [2.75, 3.05) is 50.1 Å². The van der Waals surface area contributed by atoms with Gasteiger partial charge in [0.2, 0.25) is 5.91 Å². The number of carbonyl (C=O) groups is 1. The maximum absolute atomic E-state index is 13.1. The van der Waals surface area contributed by atoms with Crippen LogP contribution in [0, 0.1) is 17.4 Å². The normalized spacial score (nSPS) is 14.9. The summed E-state index contributed by atoms with van der Waals surface area (Å²) < 4.78 is 41.5. The zero-order valence-electron chi connectivity index (χ0n) is 17.4. The van der Waals surface area contributed by atoms with E-state index in [9.17, 15) is 18.0 Å². The predicted molar refractivity (Wildman–Crippen MR) is 119 cm³/mol. The van der Waals surface area contributed by atoms with Crippen molar-refractivity contribution in [2.24, 2.45) is 0 Å². The predicted octanol–water partition coefficient (Wildman–Crippen LogP) is 3.54. The number of benzene rings is 1. The second kappa shape index (κ2) is 8.64. The molecule has 2 heterocycles. The van der Waals surface area contributed by atoms with Crippen LogP contribution in [-0.4, -0.2) is 60.9 Å². The zero-order valence-corrected chi connectivity index (χ0v) is 19.6. The molecule has 2 aromatic rings. The third-order valence-corrected chi connectivity index (χ3v) is 6.38. The van der Waals surface area contributed by atoms with Crippen LogP contribution in [0.15, 0.2) is 18.2 Å². The number of rotatable bonds is 4. The maximum atomic E-state index is 13.1. The molecule has 1 fully saturated rings. The monoisotopic (exact) mass is 535 g/mol. The molecule has 1 amide bonds. The molecule has 164 valence electrons. The number of amides is 1. The number of piperazine rings is 1. The van der Waals surface area contributed by atoms with Crippen molar-refractivity contribution >= 4 is 39.9 Å². The average Bonchev–Trinajstić information content (AvgIpc) is 2.97. The highest BCUT2D eigenvalue weighted by molar-refractivity contribution is 14.1. The third-order valence-electron chi connectivity index (χ3n) is 5.47. The lowest BCUT2D eigenvalue weighted by molar-refractivity contribution is -0.142. The Hall–Kier alpha value is -1.98. The van der Waals surface area contributed by atoms with Crippen LogP contribution in [0.1, 0.15) is 17.0 Å². The standard InChI is InChI=1S/C20H25F3IN5O/c1-13-14(2)29(25-19(13)20(21,22)23)12-18(30)28-9-7-27(8-10-28)15-5-6-16(24)17(11-15)26(3)4/h5-6,11H,7-10,12H2,1-4H3. The highest BCUT2D eigenvalue weighted by atomic mass is 127. The number of hydrogen-bond acceptors (Lipinski definition) is 4. The summed E-state index contributed by atoms with van der Waals surface area (Å²) >= 11 is 2.31. The zero-order chi connectivity index (χ0) is 22.2. The highest BCUT2D eigenvalue weighted by Gasteiger charge is 2.37. The van der Waals surface area contributed by atoms with E-state index in [2.05, 4.69) is 55.7 Å². The summed E-state index contributed by atoms with van der Waals surface area (Å²) in [4.78, 5) is 18.7. The smallest absolute Gasteiger partial charge is 0.377 e. The topological polar surface area (TPSA) is 44.6 Å². The number of hydrogen-bond donors (Lipinski definition) is 0. The van der Waals surface area contributed by atoms with Crippen molar-refractivity contribution < 1.29 is 18.0 Å². The fourth-order valence-corrected chi connectivity index (χ4v) is 4.36. The van der Waals surface area contributed by atoms with Gasteiger partial charge in [-0.3, -0.25) is 9.48 Å². The molecular weight excluding hydrogens is 510 g/mol. The minimum absolute atomic E-state index is 0.0653. The first kappa shape index (κ1) is 22.7. The Balaban J connectivity index is 1.65. The van der Waals surface area contributed by atoms with Gasteiger partial charge in [0.15, 0.2) is 5.69 Å². The summed E-state index contributed by atoms with van der Waals surface area (Å²) in [5.41, 5.74) is 1.74. The van der Waals surface area contributed by atoms with Crippen LogP contribution in [0.4, 0.5) is 24.5 Å². The number of halogens is 4. The van der Waals surface area contributed by atoms with E-state index in [1.165, 1.54) is 10.5 Å². The van der Waals surface area contributed by atoms with E-state index in [1.807, 2.05) is 14.1 Å². The Morgan fingerprint density at radius 2 is 1.80 bits per heavy atom. The van der Waals surface area contributed by atoms with Gasteiger partial charge in [-0.1, -0.05) is 0 Å². The maximum Gasteiger partial charge on any atom is 0.435 e. The summed E-state index contributed by atoms with van der Waals surface area (Å²) in [7, 11) is 4.00. The lowest BCUT2D eigenvalue weighted by Gasteiger charge is -2.36. The molecule has 0 spiro atoms. The molecule has 0 bridgehead atoms. The summed E-state index contributed by atoms with van der Waals surface area (Å²) in [6, 6.07) is 6.28. The van der Waals surface area contributed by atoms with Crippen molar-refractivity contribution in [3.8, 4) is 0 Å². The van der Waals surface area contributed by atoms with Crippen LogP contribution in [0.3, 0.4) is 0 Å². The average molecular weight is 535 g/mol. The first-order valence-corrected chi connectivity index (χ1v) is 10.7. The van der Waals surface area contributed by atoms with E-state index >= 15 is 0 Å². The molecule has 6 nitrogen and oxygen atoms in total. The molecule has 10 heteroatoms.